The number of nitrogens with one attached hydrogen (secondary N) is 1. The summed E-state index contributed by atoms with van der Waals surface area (Å²) in [4.78, 5) is 36.7. The van der Waals surface area contributed by atoms with Crippen LogP contribution in [0.5, 0.6) is 0 Å². The molecule has 1 aromatic rings. The Balaban J connectivity index is 1.48. The minimum atomic E-state index is -0.169. The molecule has 2 heterocycles. The average molecular weight is 315 g/mol. The van der Waals surface area contributed by atoms with Gasteiger partial charge in [0.05, 0.1) is 11.8 Å². The van der Waals surface area contributed by atoms with E-state index in [1.54, 1.807) is 24.5 Å². The lowest BCUT2D eigenvalue weighted by atomic mass is 10.2. The van der Waals surface area contributed by atoms with E-state index in [1.807, 2.05) is 4.90 Å². The molecule has 1 N–H and O–H groups in total. The van der Waals surface area contributed by atoms with Gasteiger partial charge in [-0.2, -0.15) is 0 Å². The number of amides is 2. The van der Waals surface area contributed by atoms with Crippen molar-refractivity contribution in [2.45, 2.75) is 6.42 Å². The fourth-order valence-electron chi connectivity index (χ4n) is 2.88. The zero-order valence-corrected chi connectivity index (χ0v) is 13.0. The highest BCUT2D eigenvalue weighted by Crippen LogP contribution is 2.40. The summed E-state index contributed by atoms with van der Waals surface area (Å²) in [5, 5.41) is 2.76. The van der Waals surface area contributed by atoms with Crippen molar-refractivity contribution in [3.63, 3.8) is 0 Å². The van der Waals surface area contributed by atoms with Crippen molar-refractivity contribution in [3.8, 4) is 0 Å². The first-order chi connectivity index (χ1) is 11.2. The summed E-state index contributed by atoms with van der Waals surface area (Å²) in [6, 6.07) is 1.79. The summed E-state index contributed by atoms with van der Waals surface area (Å²) in [7, 11) is 0. The Hall–Kier alpha value is -2.44. The van der Waals surface area contributed by atoms with Crippen molar-refractivity contribution < 1.29 is 9.59 Å². The van der Waals surface area contributed by atoms with E-state index in [0.717, 1.165) is 13.1 Å². The van der Waals surface area contributed by atoms with E-state index in [4.69, 9.17) is 0 Å². The second-order valence-corrected chi connectivity index (χ2v) is 5.84. The lowest BCUT2D eigenvalue weighted by Gasteiger charge is -2.34. The summed E-state index contributed by atoms with van der Waals surface area (Å²) in [5.41, 5.74) is 0. The van der Waals surface area contributed by atoms with Crippen LogP contribution in [-0.2, 0) is 9.59 Å². The Labute approximate surface area is 135 Å². The second kappa shape index (κ2) is 6.76. The third-order valence-corrected chi connectivity index (χ3v) is 4.29. The minimum absolute atomic E-state index is 0.0421. The highest BCUT2D eigenvalue weighted by atomic mass is 16.2. The molecule has 3 rings (SSSR count). The molecule has 0 aromatic carbocycles. The van der Waals surface area contributed by atoms with Crippen LogP contribution in [0.4, 0.5) is 5.95 Å². The Morgan fingerprint density at radius 1 is 1.22 bits per heavy atom. The summed E-state index contributed by atoms with van der Waals surface area (Å²) >= 11 is 0. The van der Waals surface area contributed by atoms with Gasteiger partial charge in [-0.15, -0.1) is 6.58 Å². The van der Waals surface area contributed by atoms with Crippen LogP contribution in [0, 0.1) is 11.8 Å². The van der Waals surface area contributed by atoms with Crippen molar-refractivity contribution >= 4 is 17.8 Å². The first-order valence-corrected chi connectivity index (χ1v) is 7.90. The molecule has 0 radical (unpaired) electrons. The van der Waals surface area contributed by atoms with Gasteiger partial charge in [0.25, 0.3) is 0 Å². The number of rotatable bonds is 5. The van der Waals surface area contributed by atoms with Gasteiger partial charge in [0.2, 0.25) is 17.8 Å². The van der Waals surface area contributed by atoms with Crippen LogP contribution in [0.25, 0.3) is 0 Å². The maximum Gasteiger partial charge on any atom is 0.226 e. The number of aromatic nitrogens is 2. The number of hydrogen-bond donors (Lipinski definition) is 1. The Morgan fingerprint density at radius 2 is 1.91 bits per heavy atom. The van der Waals surface area contributed by atoms with E-state index in [1.165, 1.54) is 0 Å². The van der Waals surface area contributed by atoms with Crippen molar-refractivity contribution in [2.24, 2.45) is 11.8 Å². The molecule has 1 aromatic heterocycles. The van der Waals surface area contributed by atoms with Gasteiger partial charge in [0.15, 0.2) is 0 Å². The lowest BCUT2D eigenvalue weighted by Crippen LogP contribution is -2.50. The quantitative estimate of drug-likeness (QED) is 0.778. The van der Waals surface area contributed by atoms with Crippen LogP contribution in [0.3, 0.4) is 0 Å². The molecule has 1 saturated heterocycles. The first-order valence-electron chi connectivity index (χ1n) is 7.90. The van der Waals surface area contributed by atoms with Gasteiger partial charge < -0.3 is 15.1 Å². The highest BCUT2D eigenvalue weighted by Gasteiger charge is 2.49. The third-order valence-electron chi connectivity index (χ3n) is 4.29. The summed E-state index contributed by atoms with van der Waals surface area (Å²) in [6.45, 7) is 6.75. The molecule has 0 spiro atoms. The minimum Gasteiger partial charge on any atom is -0.352 e. The van der Waals surface area contributed by atoms with Crippen molar-refractivity contribution in [2.75, 3.05) is 37.6 Å². The topological polar surface area (TPSA) is 78.4 Å². The van der Waals surface area contributed by atoms with Gasteiger partial charge >= 0.3 is 0 Å². The summed E-state index contributed by atoms with van der Waals surface area (Å²) in [5.74, 6) is 0.432. The molecule has 2 aliphatic rings. The Morgan fingerprint density at radius 3 is 2.57 bits per heavy atom. The van der Waals surface area contributed by atoms with Gasteiger partial charge in [0.1, 0.15) is 0 Å². The van der Waals surface area contributed by atoms with E-state index in [0.29, 0.717) is 32.0 Å². The Kier molecular flexibility index (Phi) is 4.55. The van der Waals surface area contributed by atoms with E-state index < -0.39 is 0 Å². The van der Waals surface area contributed by atoms with Gasteiger partial charge in [-0.25, -0.2) is 9.97 Å². The molecular formula is C16H21N5O2. The molecule has 2 atom stereocenters. The molecule has 2 fully saturated rings. The van der Waals surface area contributed by atoms with Gasteiger partial charge in [-0.1, -0.05) is 6.08 Å². The number of anilines is 1. The van der Waals surface area contributed by atoms with Gasteiger partial charge in [-0.3, -0.25) is 9.59 Å². The molecule has 7 nitrogen and oxygen atoms in total. The normalized spacial score (nSPS) is 23.3. The van der Waals surface area contributed by atoms with Crippen LogP contribution in [0.2, 0.25) is 0 Å². The smallest absolute Gasteiger partial charge is 0.226 e. The Bertz CT molecular complexity index is 583. The monoisotopic (exact) mass is 315 g/mol. The van der Waals surface area contributed by atoms with E-state index >= 15 is 0 Å². The van der Waals surface area contributed by atoms with Crippen molar-refractivity contribution in [1.82, 2.24) is 20.2 Å². The fourth-order valence-corrected chi connectivity index (χ4v) is 2.88. The zero-order valence-electron chi connectivity index (χ0n) is 13.0. The van der Waals surface area contributed by atoms with Crippen molar-refractivity contribution in [1.29, 1.82) is 0 Å². The second-order valence-electron chi connectivity index (χ2n) is 5.84. The first kappa shape index (κ1) is 15.5. The maximum atomic E-state index is 12.5. The number of piperazine rings is 1. The predicted molar refractivity (Wildman–Crippen MR) is 85.6 cm³/mol. The molecular weight excluding hydrogens is 294 g/mol. The number of carbonyl (C=O) groups excluding carboxylic acids is 2. The van der Waals surface area contributed by atoms with Crippen LogP contribution < -0.4 is 10.2 Å². The van der Waals surface area contributed by atoms with Crippen LogP contribution in [0.1, 0.15) is 6.42 Å². The zero-order chi connectivity index (χ0) is 16.2. The van der Waals surface area contributed by atoms with E-state index in [2.05, 4.69) is 26.8 Å². The van der Waals surface area contributed by atoms with E-state index in [9.17, 15) is 9.59 Å². The molecule has 122 valence electrons. The molecule has 1 aliphatic heterocycles. The van der Waals surface area contributed by atoms with Gasteiger partial charge in [0, 0.05) is 45.1 Å². The lowest BCUT2D eigenvalue weighted by molar-refractivity contribution is -0.135. The van der Waals surface area contributed by atoms with Gasteiger partial charge in [-0.05, 0) is 12.5 Å². The average Bonchev–Trinajstić information content (AvgIpc) is 3.41. The van der Waals surface area contributed by atoms with Crippen LogP contribution in [0.15, 0.2) is 31.1 Å². The fraction of sp³-hybridized carbons (Fsp3) is 0.500. The van der Waals surface area contributed by atoms with E-state index in [-0.39, 0.29) is 23.7 Å². The third kappa shape index (κ3) is 3.49. The van der Waals surface area contributed by atoms with Crippen LogP contribution in [-0.4, -0.2) is 59.4 Å². The molecule has 2 amide bonds. The highest BCUT2D eigenvalue weighted by molar-refractivity contribution is 5.92. The summed E-state index contributed by atoms with van der Waals surface area (Å²) in [6.07, 6.45) is 5.73. The molecule has 0 bridgehead atoms. The number of carbonyl (C=O) groups is 2. The molecule has 1 saturated carbocycles. The molecule has 2 unspecified atom stereocenters. The summed E-state index contributed by atoms with van der Waals surface area (Å²) < 4.78 is 0. The predicted octanol–water partition coefficient (Wildman–Crippen LogP) is 0.0635. The largest absolute Gasteiger partial charge is 0.352 e. The maximum absolute atomic E-state index is 12.5. The standard InChI is InChI=1S/C16H21N5O2/c1-2-4-17-14(22)12-11-13(12)15(23)20-7-9-21(10-8-20)16-18-5-3-6-19-16/h2-3,5-6,12-13H,1,4,7-11H2,(H,17,22). The van der Waals surface area contributed by atoms with Crippen molar-refractivity contribution in [3.05, 3.63) is 31.1 Å². The van der Waals surface area contributed by atoms with Crippen LogP contribution >= 0.6 is 0 Å². The number of nitrogens with zero attached hydrogens (tertiary/aromatic N) is 4. The molecule has 7 heteroatoms. The number of hydrogen-bond acceptors (Lipinski definition) is 5. The molecule has 1 aliphatic carbocycles. The SMILES string of the molecule is C=CCNC(=O)C1CC1C(=O)N1CCN(c2ncccn2)CC1. The molecule has 23 heavy (non-hydrogen) atoms.